The van der Waals surface area contributed by atoms with Crippen LogP contribution in [-0.4, -0.2) is 32.8 Å². The molecule has 5 N–H and O–H groups in total. The molecule has 0 unspecified atom stereocenters. The molecule has 2 heterocycles. The smallest absolute Gasteiger partial charge is 0.150 e. The zero-order valence-corrected chi connectivity index (χ0v) is 15.2. The van der Waals surface area contributed by atoms with Gasteiger partial charge in [-0.3, -0.25) is 0 Å². The lowest BCUT2D eigenvalue weighted by Gasteiger charge is -2.08. The van der Waals surface area contributed by atoms with Gasteiger partial charge in [-0.25, -0.2) is 9.97 Å². The first-order chi connectivity index (χ1) is 13.7. The van der Waals surface area contributed by atoms with Crippen LogP contribution in [0.25, 0.3) is 27.8 Å². The van der Waals surface area contributed by atoms with E-state index < -0.39 is 0 Å². The standard InChI is InChI=1S/C21H21N5O2/c22-10-1-11-28-17-8-4-15(5-9-17)26-12-18(14-2-6-16(27)7-3-14)19-20(23)24-13-25-21(19)26/h2-9,12-13,27H,1,10-11,22H2,(H2,23,24,25). The molecule has 0 radical (unpaired) electrons. The largest absolute Gasteiger partial charge is 0.508 e. The van der Waals surface area contributed by atoms with E-state index in [0.29, 0.717) is 24.6 Å². The van der Waals surface area contributed by atoms with Crippen molar-refractivity contribution in [3.63, 3.8) is 0 Å². The van der Waals surface area contributed by atoms with Gasteiger partial charge in [-0.2, -0.15) is 0 Å². The number of nitrogens with two attached hydrogens (primary N) is 2. The second kappa shape index (κ2) is 7.58. The minimum Gasteiger partial charge on any atom is -0.508 e. The molecule has 4 aromatic rings. The van der Waals surface area contributed by atoms with Crippen molar-refractivity contribution >= 4 is 16.9 Å². The predicted molar refractivity (Wildman–Crippen MR) is 110 cm³/mol. The Morgan fingerprint density at radius 2 is 1.75 bits per heavy atom. The number of aromatic nitrogens is 3. The van der Waals surface area contributed by atoms with Crippen LogP contribution in [0.2, 0.25) is 0 Å². The number of anilines is 1. The molecule has 0 atom stereocenters. The van der Waals surface area contributed by atoms with Gasteiger partial charge in [0.05, 0.1) is 12.0 Å². The normalized spacial score (nSPS) is 11.0. The predicted octanol–water partition coefficient (Wildman–Crippen LogP) is 3.10. The van der Waals surface area contributed by atoms with Crippen LogP contribution in [0.15, 0.2) is 61.1 Å². The third kappa shape index (κ3) is 3.35. The van der Waals surface area contributed by atoms with Gasteiger partial charge in [0, 0.05) is 17.4 Å². The molecule has 0 aliphatic carbocycles. The summed E-state index contributed by atoms with van der Waals surface area (Å²) in [5.74, 6) is 1.41. The van der Waals surface area contributed by atoms with E-state index >= 15 is 0 Å². The fraction of sp³-hybridized carbons (Fsp3) is 0.143. The number of ether oxygens (including phenoxy) is 1. The van der Waals surface area contributed by atoms with Crippen molar-refractivity contribution in [2.24, 2.45) is 5.73 Å². The number of hydrogen-bond donors (Lipinski definition) is 3. The molecule has 0 aliphatic heterocycles. The second-order valence-electron chi connectivity index (χ2n) is 6.40. The maximum absolute atomic E-state index is 9.58. The van der Waals surface area contributed by atoms with Crippen LogP contribution in [0, 0.1) is 0 Å². The van der Waals surface area contributed by atoms with Crippen LogP contribution in [0.4, 0.5) is 5.82 Å². The fourth-order valence-electron chi connectivity index (χ4n) is 3.12. The minimum absolute atomic E-state index is 0.210. The van der Waals surface area contributed by atoms with E-state index in [2.05, 4.69) is 9.97 Å². The van der Waals surface area contributed by atoms with E-state index in [1.165, 1.54) is 6.33 Å². The molecule has 2 aromatic heterocycles. The Hall–Kier alpha value is -3.58. The first-order valence-electron chi connectivity index (χ1n) is 9.01. The average molecular weight is 375 g/mol. The summed E-state index contributed by atoms with van der Waals surface area (Å²) in [5, 5.41) is 10.4. The molecule has 7 nitrogen and oxygen atoms in total. The molecular formula is C21H21N5O2. The highest BCUT2D eigenvalue weighted by Gasteiger charge is 2.16. The molecule has 0 amide bonds. The van der Waals surface area contributed by atoms with Gasteiger partial charge in [-0.15, -0.1) is 0 Å². The number of benzene rings is 2. The van der Waals surface area contributed by atoms with Gasteiger partial charge in [0.25, 0.3) is 0 Å². The minimum atomic E-state index is 0.210. The van der Waals surface area contributed by atoms with E-state index in [0.717, 1.165) is 34.4 Å². The first-order valence-corrected chi connectivity index (χ1v) is 9.01. The van der Waals surface area contributed by atoms with Crippen molar-refractivity contribution in [2.45, 2.75) is 6.42 Å². The molecule has 7 heteroatoms. The van der Waals surface area contributed by atoms with Crippen LogP contribution in [0.1, 0.15) is 6.42 Å². The number of phenolic OH excluding ortho intramolecular Hbond substituents is 1. The van der Waals surface area contributed by atoms with Crippen molar-refractivity contribution in [3.05, 3.63) is 61.1 Å². The maximum atomic E-state index is 9.58. The number of hydrogen-bond acceptors (Lipinski definition) is 6. The second-order valence-corrected chi connectivity index (χ2v) is 6.40. The lowest BCUT2D eigenvalue weighted by molar-refractivity contribution is 0.313. The monoisotopic (exact) mass is 375 g/mol. The Bertz CT molecular complexity index is 1090. The van der Waals surface area contributed by atoms with Gasteiger partial charge in [0.1, 0.15) is 23.6 Å². The number of aromatic hydroxyl groups is 1. The lowest BCUT2D eigenvalue weighted by Crippen LogP contribution is -2.06. The van der Waals surface area contributed by atoms with Gasteiger partial charge < -0.3 is 25.9 Å². The van der Waals surface area contributed by atoms with Gasteiger partial charge in [0.2, 0.25) is 0 Å². The lowest BCUT2D eigenvalue weighted by atomic mass is 10.1. The first kappa shape index (κ1) is 17.8. The summed E-state index contributed by atoms with van der Waals surface area (Å²) in [7, 11) is 0. The van der Waals surface area contributed by atoms with Crippen LogP contribution < -0.4 is 16.2 Å². The Morgan fingerprint density at radius 3 is 2.46 bits per heavy atom. The Balaban J connectivity index is 1.77. The molecule has 142 valence electrons. The Labute approximate surface area is 162 Å². The highest BCUT2D eigenvalue weighted by molar-refractivity contribution is 6.01. The highest BCUT2D eigenvalue weighted by atomic mass is 16.5. The molecule has 2 aromatic carbocycles. The van der Waals surface area contributed by atoms with Crippen LogP contribution >= 0.6 is 0 Å². The molecule has 0 aliphatic rings. The molecule has 0 saturated heterocycles. The number of nitrogens with zero attached hydrogens (tertiary/aromatic N) is 3. The fourth-order valence-corrected chi connectivity index (χ4v) is 3.12. The summed E-state index contributed by atoms with van der Waals surface area (Å²) >= 11 is 0. The van der Waals surface area contributed by atoms with Crippen molar-refractivity contribution in [1.29, 1.82) is 0 Å². The number of nitrogen functional groups attached to an aromatic ring is 1. The van der Waals surface area contributed by atoms with Crippen molar-refractivity contribution < 1.29 is 9.84 Å². The molecule has 4 rings (SSSR count). The summed E-state index contributed by atoms with van der Waals surface area (Å²) in [5.41, 5.74) is 15.1. The topological polar surface area (TPSA) is 112 Å². The summed E-state index contributed by atoms with van der Waals surface area (Å²) < 4.78 is 7.64. The molecule has 0 spiro atoms. The third-order valence-electron chi connectivity index (χ3n) is 4.52. The van der Waals surface area contributed by atoms with E-state index in [1.54, 1.807) is 12.1 Å². The molecule has 28 heavy (non-hydrogen) atoms. The zero-order valence-electron chi connectivity index (χ0n) is 15.2. The van der Waals surface area contributed by atoms with E-state index in [1.807, 2.05) is 47.2 Å². The summed E-state index contributed by atoms with van der Waals surface area (Å²) in [6.07, 6.45) is 4.25. The zero-order chi connectivity index (χ0) is 19.5. The van der Waals surface area contributed by atoms with Gasteiger partial charge >= 0.3 is 0 Å². The summed E-state index contributed by atoms with van der Waals surface area (Å²) in [6, 6.07) is 14.7. The van der Waals surface area contributed by atoms with Crippen molar-refractivity contribution in [3.8, 4) is 28.3 Å². The molecular weight excluding hydrogens is 354 g/mol. The van der Waals surface area contributed by atoms with Crippen molar-refractivity contribution in [2.75, 3.05) is 18.9 Å². The van der Waals surface area contributed by atoms with E-state index in [9.17, 15) is 5.11 Å². The summed E-state index contributed by atoms with van der Waals surface area (Å²) in [4.78, 5) is 8.59. The SMILES string of the molecule is NCCCOc1ccc(-n2cc(-c3ccc(O)cc3)c3c(N)ncnc32)cc1. The van der Waals surface area contributed by atoms with Crippen LogP contribution in [-0.2, 0) is 0 Å². The van der Waals surface area contributed by atoms with E-state index in [4.69, 9.17) is 16.2 Å². The number of fused-ring (bicyclic) bond motifs is 1. The van der Waals surface area contributed by atoms with Crippen LogP contribution in [0.5, 0.6) is 11.5 Å². The highest BCUT2D eigenvalue weighted by Crippen LogP contribution is 2.35. The van der Waals surface area contributed by atoms with Gasteiger partial charge in [0.15, 0.2) is 5.65 Å². The molecule has 0 fully saturated rings. The maximum Gasteiger partial charge on any atom is 0.150 e. The van der Waals surface area contributed by atoms with Crippen molar-refractivity contribution in [1.82, 2.24) is 14.5 Å². The van der Waals surface area contributed by atoms with Crippen LogP contribution in [0.3, 0.4) is 0 Å². The Kier molecular flexibility index (Phi) is 4.82. The quantitative estimate of drug-likeness (QED) is 0.446. The van der Waals surface area contributed by atoms with Gasteiger partial charge in [-0.05, 0) is 54.9 Å². The third-order valence-corrected chi connectivity index (χ3v) is 4.52. The average Bonchev–Trinajstić information content (AvgIpc) is 3.10. The summed E-state index contributed by atoms with van der Waals surface area (Å²) in [6.45, 7) is 1.20. The Morgan fingerprint density at radius 1 is 1.00 bits per heavy atom. The van der Waals surface area contributed by atoms with E-state index in [-0.39, 0.29) is 5.75 Å². The van der Waals surface area contributed by atoms with Gasteiger partial charge in [-0.1, -0.05) is 12.1 Å². The number of phenols is 1. The number of rotatable bonds is 6. The molecule has 0 bridgehead atoms. The molecule has 0 saturated carbocycles.